The summed E-state index contributed by atoms with van der Waals surface area (Å²) in [6.45, 7) is 0. The SMILES string of the molecule is Cn1c(-c2ccccc2)c(P(c2ccccc2)c2ccccc2)c2ccccc21. The van der Waals surface area contributed by atoms with Crippen LogP contribution in [-0.2, 0) is 7.05 Å². The van der Waals surface area contributed by atoms with E-state index in [1.807, 2.05) is 0 Å². The fourth-order valence-corrected chi connectivity index (χ4v) is 6.76. The van der Waals surface area contributed by atoms with E-state index in [1.165, 1.54) is 38.1 Å². The lowest BCUT2D eigenvalue weighted by atomic mass is 10.1. The third-order valence-corrected chi connectivity index (χ3v) is 7.91. The van der Waals surface area contributed by atoms with Gasteiger partial charge in [-0.2, -0.15) is 0 Å². The van der Waals surface area contributed by atoms with Crippen molar-refractivity contribution < 1.29 is 0 Å². The smallest absolute Gasteiger partial charge is 0.0573 e. The Morgan fingerprint density at radius 1 is 0.552 bits per heavy atom. The molecule has 5 rings (SSSR count). The summed E-state index contributed by atoms with van der Waals surface area (Å²) in [4.78, 5) is 0. The number of hydrogen-bond acceptors (Lipinski definition) is 0. The summed E-state index contributed by atoms with van der Waals surface area (Å²) in [5.41, 5.74) is 3.85. The molecule has 29 heavy (non-hydrogen) atoms. The minimum absolute atomic E-state index is 0.690. The lowest BCUT2D eigenvalue weighted by Gasteiger charge is -2.21. The molecule has 0 saturated heterocycles. The summed E-state index contributed by atoms with van der Waals surface area (Å²) in [7, 11) is 1.50. The molecule has 0 aliphatic rings. The molecule has 0 unspecified atom stereocenters. The van der Waals surface area contributed by atoms with Crippen molar-refractivity contribution in [3.05, 3.63) is 115 Å². The van der Waals surface area contributed by atoms with Gasteiger partial charge in [-0.05, 0) is 30.2 Å². The second-order valence-corrected chi connectivity index (χ2v) is 9.30. The van der Waals surface area contributed by atoms with E-state index in [0.717, 1.165) is 0 Å². The van der Waals surface area contributed by atoms with E-state index in [-0.39, 0.29) is 0 Å². The minimum Gasteiger partial charge on any atom is -0.343 e. The van der Waals surface area contributed by atoms with Crippen LogP contribution in [0.1, 0.15) is 0 Å². The fraction of sp³-hybridized carbons (Fsp3) is 0.0370. The van der Waals surface area contributed by atoms with E-state index in [9.17, 15) is 0 Å². The zero-order valence-corrected chi connectivity index (χ0v) is 17.3. The Labute approximate surface area is 173 Å². The van der Waals surface area contributed by atoms with Crippen LogP contribution < -0.4 is 15.9 Å². The molecule has 0 atom stereocenters. The van der Waals surface area contributed by atoms with Crippen molar-refractivity contribution in [2.75, 3.05) is 0 Å². The molecule has 0 saturated carbocycles. The predicted molar refractivity (Wildman–Crippen MR) is 127 cm³/mol. The number of rotatable bonds is 4. The number of benzene rings is 4. The van der Waals surface area contributed by atoms with E-state index >= 15 is 0 Å². The van der Waals surface area contributed by atoms with Gasteiger partial charge in [0.15, 0.2) is 0 Å². The molecular weight excluding hydrogens is 369 g/mol. The van der Waals surface area contributed by atoms with Crippen LogP contribution in [0.5, 0.6) is 0 Å². The third-order valence-electron chi connectivity index (χ3n) is 5.38. The van der Waals surface area contributed by atoms with E-state index < -0.39 is 7.92 Å². The zero-order valence-electron chi connectivity index (χ0n) is 16.4. The average molecular weight is 391 g/mol. The van der Waals surface area contributed by atoms with Crippen LogP contribution in [0.2, 0.25) is 0 Å². The topological polar surface area (TPSA) is 4.93 Å². The van der Waals surface area contributed by atoms with E-state index in [2.05, 4.69) is 127 Å². The highest BCUT2D eigenvalue weighted by atomic mass is 31.1. The number of nitrogens with zero attached hydrogens (tertiary/aromatic N) is 1. The quantitative estimate of drug-likeness (QED) is 0.351. The van der Waals surface area contributed by atoms with Crippen LogP contribution in [0, 0.1) is 0 Å². The highest BCUT2D eigenvalue weighted by Gasteiger charge is 2.26. The van der Waals surface area contributed by atoms with Gasteiger partial charge >= 0.3 is 0 Å². The molecule has 0 aliphatic carbocycles. The van der Waals surface area contributed by atoms with E-state index in [0.29, 0.717) is 0 Å². The summed E-state index contributed by atoms with van der Waals surface area (Å²) < 4.78 is 2.36. The molecule has 0 fully saturated rings. The molecule has 1 aromatic heterocycles. The highest BCUT2D eigenvalue weighted by Crippen LogP contribution is 2.41. The molecule has 140 valence electrons. The maximum absolute atomic E-state index is 2.36. The van der Waals surface area contributed by atoms with Gasteiger partial charge in [-0.3, -0.25) is 0 Å². The summed E-state index contributed by atoms with van der Waals surface area (Å²) in [6, 6.07) is 41.5. The van der Waals surface area contributed by atoms with Crippen molar-refractivity contribution in [1.29, 1.82) is 0 Å². The van der Waals surface area contributed by atoms with Gasteiger partial charge < -0.3 is 4.57 Å². The van der Waals surface area contributed by atoms with Crippen LogP contribution in [0.25, 0.3) is 22.2 Å². The number of para-hydroxylation sites is 1. The monoisotopic (exact) mass is 391 g/mol. The Kier molecular flexibility index (Phi) is 4.76. The van der Waals surface area contributed by atoms with Gasteiger partial charge in [0, 0.05) is 23.3 Å². The number of aryl methyl sites for hydroxylation is 1. The first-order valence-corrected chi connectivity index (χ1v) is 11.2. The van der Waals surface area contributed by atoms with Crippen LogP contribution in [0.15, 0.2) is 115 Å². The molecule has 0 bridgehead atoms. The van der Waals surface area contributed by atoms with Crippen LogP contribution >= 0.6 is 7.92 Å². The molecule has 0 spiro atoms. The van der Waals surface area contributed by atoms with Gasteiger partial charge in [-0.1, -0.05) is 109 Å². The van der Waals surface area contributed by atoms with Crippen LogP contribution in [-0.4, -0.2) is 4.57 Å². The summed E-state index contributed by atoms with van der Waals surface area (Å²) >= 11 is 0. The number of fused-ring (bicyclic) bond motifs is 1. The average Bonchev–Trinajstić information content (AvgIpc) is 3.09. The molecule has 0 amide bonds. The summed E-state index contributed by atoms with van der Waals surface area (Å²) in [5, 5.41) is 5.53. The first-order valence-electron chi connectivity index (χ1n) is 9.87. The number of aromatic nitrogens is 1. The van der Waals surface area contributed by atoms with Gasteiger partial charge in [0.1, 0.15) is 0 Å². The maximum Gasteiger partial charge on any atom is 0.0573 e. The van der Waals surface area contributed by atoms with Gasteiger partial charge in [-0.25, -0.2) is 0 Å². The van der Waals surface area contributed by atoms with Crippen LogP contribution in [0.3, 0.4) is 0 Å². The second kappa shape index (κ2) is 7.70. The van der Waals surface area contributed by atoms with Gasteiger partial charge in [0.2, 0.25) is 0 Å². The lowest BCUT2D eigenvalue weighted by molar-refractivity contribution is 0.981. The van der Waals surface area contributed by atoms with E-state index in [1.54, 1.807) is 0 Å². The van der Waals surface area contributed by atoms with Crippen molar-refractivity contribution in [3.8, 4) is 11.3 Å². The maximum atomic E-state index is 2.36. The van der Waals surface area contributed by atoms with Crippen LogP contribution in [0.4, 0.5) is 0 Å². The highest BCUT2D eigenvalue weighted by molar-refractivity contribution is 7.80. The van der Waals surface area contributed by atoms with Gasteiger partial charge in [0.25, 0.3) is 0 Å². The zero-order chi connectivity index (χ0) is 19.6. The summed E-state index contributed by atoms with van der Waals surface area (Å²) in [5.74, 6) is 0. The van der Waals surface area contributed by atoms with Crippen molar-refractivity contribution in [3.63, 3.8) is 0 Å². The Morgan fingerprint density at radius 3 is 1.62 bits per heavy atom. The molecule has 1 nitrogen and oxygen atoms in total. The van der Waals surface area contributed by atoms with Crippen molar-refractivity contribution in [2.24, 2.45) is 7.05 Å². The first-order chi connectivity index (χ1) is 14.3. The Morgan fingerprint density at radius 2 is 1.03 bits per heavy atom. The molecule has 4 aromatic carbocycles. The van der Waals surface area contributed by atoms with Crippen molar-refractivity contribution in [1.82, 2.24) is 4.57 Å². The van der Waals surface area contributed by atoms with Crippen molar-refractivity contribution in [2.45, 2.75) is 0 Å². The molecule has 0 aliphatic heterocycles. The summed E-state index contributed by atoms with van der Waals surface area (Å²) in [6.07, 6.45) is 0. The molecule has 0 radical (unpaired) electrons. The molecule has 5 aromatic rings. The Hall–Kier alpha value is -3.15. The standard InChI is InChI=1S/C27H22NP/c1-28-25-20-12-11-19-24(25)27(26(28)21-13-5-2-6-14-21)29(22-15-7-3-8-16-22)23-17-9-4-10-18-23/h2-20H,1H3. The van der Waals surface area contributed by atoms with E-state index in [4.69, 9.17) is 0 Å². The molecule has 2 heteroatoms. The molecule has 0 N–H and O–H groups in total. The second-order valence-electron chi connectivity index (χ2n) is 7.15. The molecule has 1 heterocycles. The first kappa shape index (κ1) is 17.9. The largest absolute Gasteiger partial charge is 0.343 e. The lowest BCUT2D eigenvalue weighted by Crippen LogP contribution is -2.22. The number of hydrogen-bond donors (Lipinski definition) is 0. The van der Waals surface area contributed by atoms with Crippen molar-refractivity contribution >= 4 is 34.7 Å². The third kappa shape index (κ3) is 3.18. The van der Waals surface area contributed by atoms with Gasteiger partial charge in [0.05, 0.1) is 5.69 Å². The Bertz CT molecular complexity index is 1200. The Balaban J connectivity index is 1.89. The normalized spacial score (nSPS) is 11.2. The molecular formula is C27H22NP. The van der Waals surface area contributed by atoms with Gasteiger partial charge in [-0.15, -0.1) is 0 Å². The fourth-order valence-electron chi connectivity index (χ4n) is 4.09. The minimum atomic E-state index is -0.690. The predicted octanol–water partition coefficient (Wildman–Crippen LogP) is 5.60.